The van der Waals surface area contributed by atoms with Crippen molar-refractivity contribution in [2.75, 3.05) is 17.7 Å². The molecule has 0 aliphatic carbocycles. The largest absolute Gasteiger partial charge is 0.492 e. The van der Waals surface area contributed by atoms with Gasteiger partial charge in [-0.05, 0) is 30.7 Å². The first-order valence-corrected chi connectivity index (χ1v) is 6.99. The molecule has 0 unspecified atom stereocenters. The number of nitrogens with one attached hydrogen (secondary N) is 1. The van der Waals surface area contributed by atoms with Crippen molar-refractivity contribution in [1.82, 2.24) is 0 Å². The van der Waals surface area contributed by atoms with Gasteiger partial charge in [0.1, 0.15) is 5.75 Å². The highest BCUT2D eigenvalue weighted by molar-refractivity contribution is 9.10. The Morgan fingerprint density at radius 3 is 2.74 bits per heavy atom. The molecule has 0 radical (unpaired) electrons. The van der Waals surface area contributed by atoms with E-state index >= 15 is 0 Å². The maximum absolute atomic E-state index is 5.85. The van der Waals surface area contributed by atoms with Crippen LogP contribution < -0.4 is 15.8 Å². The molecule has 0 bridgehead atoms. The van der Waals surface area contributed by atoms with Gasteiger partial charge in [-0.15, -0.1) is 0 Å². The monoisotopic (exact) mass is 320 g/mol. The number of nitrogens with two attached hydrogens (primary N) is 1. The third-order valence-corrected chi connectivity index (χ3v) is 3.53. The van der Waals surface area contributed by atoms with E-state index in [4.69, 9.17) is 10.5 Å². The minimum absolute atomic E-state index is 0.609. The van der Waals surface area contributed by atoms with Gasteiger partial charge < -0.3 is 15.8 Å². The van der Waals surface area contributed by atoms with Gasteiger partial charge in [-0.2, -0.15) is 0 Å². The highest BCUT2D eigenvalue weighted by Crippen LogP contribution is 2.26. The fourth-order valence-electron chi connectivity index (χ4n) is 1.76. The highest BCUT2D eigenvalue weighted by atomic mass is 79.9. The quantitative estimate of drug-likeness (QED) is 0.817. The second-order valence-electron chi connectivity index (χ2n) is 4.13. The Balaban J connectivity index is 2.07. The lowest BCUT2D eigenvalue weighted by atomic mass is 10.2. The molecule has 100 valence electrons. The number of hydrogen-bond acceptors (Lipinski definition) is 3. The van der Waals surface area contributed by atoms with Crippen LogP contribution in [-0.2, 0) is 6.54 Å². The average Bonchev–Trinajstić information content (AvgIpc) is 2.41. The van der Waals surface area contributed by atoms with Gasteiger partial charge in [0, 0.05) is 22.8 Å². The molecule has 0 heterocycles. The highest BCUT2D eigenvalue weighted by Gasteiger charge is 2.03. The van der Waals surface area contributed by atoms with E-state index in [0.717, 1.165) is 22.5 Å². The smallest absolute Gasteiger partial charge is 0.144 e. The van der Waals surface area contributed by atoms with E-state index in [1.54, 1.807) is 0 Å². The molecule has 3 nitrogen and oxygen atoms in total. The van der Waals surface area contributed by atoms with Crippen molar-refractivity contribution < 1.29 is 4.74 Å². The van der Waals surface area contributed by atoms with Crippen molar-refractivity contribution in [2.45, 2.75) is 13.5 Å². The van der Waals surface area contributed by atoms with E-state index in [1.807, 2.05) is 43.3 Å². The molecule has 2 rings (SSSR count). The lowest BCUT2D eigenvalue weighted by molar-refractivity contribution is 0.342. The number of ether oxygens (including phenoxy) is 1. The van der Waals surface area contributed by atoms with Gasteiger partial charge in [0.25, 0.3) is 0 Å². The molecule has 0 aliphatic heterocycles. The predicted molar refractivity (Wildman–Crippen MR) is 83.5 cm³/mol. The molecule has 19 heavy (non-hydrogen) atoms. The van der Waals surface area contributed by atoms with Crippen LogP contribution in [0.5, 0.6) is 5.75 Å². The van der Waals surface area contributed by atoms with E-state index in [9.17, 15) is 0 Å². The standard InChI is InChI=1S/C15H17BrN2O/c1-2-19-15-9-12(7-8-14(15)17)18-10-11-5-3-4-6-13(11)16/h3-9,18H,2,10,17H2,1H3. The summed E-state index contributed by atoms with van der Waals surface area (Å²) < 4.78 is 6.58. The lowest BCUT2D eigenvalue weighted by Crippen LogP contribution is -2.02. The first kappa shape index (κ1) is 13.7. The van der Waals surface area contributed by atoms with Crippen LogP contribution in [0.2, 0.25) is 0 Å². The predicted octanol–water partition coefficient (Wildman–Crippen LogP) is 4.04. The number of hydrogen-bond donors (Lipinski definition) is 2. The van der Waals surface area contributed by atoms with Gasteiger partial charge in [0.2, 0.25) is 0 Å². The zero-order chi connectivity index (χ0) is 13.7. The zero-order valence-corrected chi connectivity index (χ0v) is 12.4. The van der Waals surface area contributed by atoms with E-state index < -0.39 is 0 Å². The summed E-state index contributed by atoms with van der Waals surface area (Å²) in [6.45, 7) is 3.30. The van der Waals surface area contributed by atoms with Gasteiger partial charge in [-0.1, -0.05) is 34.1 Å². The second kappa shape index (κ2) is 6.48. The lowest BCUT2D eigenvalue weighted by Gasteiger charge is -2.11. The van der Waals surface area contributed by atoms with E-state index in [1.165, 1.54) is 5.56 Å². The van der Waals surface area contributed by atoms with Gasteiger partial charge in [0.15, 0.2) is 0 Å². The van der Waals surface area contributed by atoms with Crippen LogP contribution in [0.3, 0.4) is 0 Å². The van der Waals surface area contributed by atoms with Crippen molar-refractivity contribution in [1.29, 1.82) is 0 Å². The van der Waals surface area contributed by atoms with Crippen molar-refractivity contribution in [2.24, 2.45) is 0 Å². The molecule has 0 aromatic heterocycles. The minimum Gasteiger partial charge on any atom is -0.492 e. The molecule has 0 fully saturated rings. The summed E-state index contributed by atoms with van der Waals surface area (Å²) in [4.78, 5) is 0. The molecule has 2 aromatic carbocycles. The molecule has 2 aromatic rings. The van der Waals surface area contributed by atoms with E-state index in [2.05, 4.69) is 27.3 Å². The van der Waals surface area contributed by atoms with Crippen LogP contribution >= 0.6 is 15.9 Å². The van der Waals surface area contributed by atoms with Gasteiger partial charge in [-0.25, -0.2) is 0 Å². The molecular weight excluding hydrogens is 304 g/mol. The van der Waals surface area contributed by atoms with Crippen LogP contribution in [-0.4, -0.2) is 6.61 Å². The zero-order valence-electron chi connectivity index (χ0n) is 10.8. The van der Waals surface area contributed by atoms with Crippen molar-refractivity contribution >= 4 is 27.3 Å². The number of nitrogen functional groups attached to an aromatic ring is 1. The van der Waals surface area contributed by atoms with Crippen LogP contribution in [0.25, 0.3) is 0 Å². The van der Waals surface area contributed by atoms with Crippen LogP contribution in [0.1, 0.15) is 12.5 Å². The Bertz CT molecular complexity index is 558. The Kier molecular flexibility index (Phi) is 4.68. The maximum Gasteiger partial charge on any atom is 0.144 e. The summed E-state index contributed by atoms with van der Waals surface area (Å²) in [7, 11) is 0. The Morgan fingerprint density at radius 2 is 2.00 bits per heavy atom. The number of benzene rings is 2. The van der Waals surface area contributed by atoms with Gasteiger partial charge in [-0.3, -0.25) is 0 Å². The Hall–Kier alpha value is -1.68. The molecule has 0 amide bonds. The molecular formula is C15H17BrN2O. The second-order valence-corrected chi connectivity index (χ2v) is 4.98. The maximum atomic E-state index is 5.85. The summed E-state index contributed by atoms with van der Waals surface area (Å²) in [6.07, 6.45) is 0. The number of anilines is 2. The molecule has 0 saturated heterocycles. The Labute approximate surface area is 121 Å². The molecule has 0 atom stereocenters. The first-order valence-electron chi connectivity index (χ1n) is 6.20. The normalized spacial score (nSPS) is 10.2. The minimum atomic E-state index is 0.609. The summed E-state index contributed by atoms with van der Waals surface area (Å²) in [5, 5.41) is 3.36. The van der Waals surface area contributed by atoms with Crippen molar-refractivity contribution in [3.05, 3.63) is 52.5 Å². The van der Waals surface area contributed by atoms with Crippen LogP contribution in [0.15, 0.2) is 46.9 Å². The molecule has 0 saturated carbocycles. The fraction of sp³-hybridized carbons (Fsp3) is 0.200. The van der Waals surface area contributed by atoms with Crippen LogP contribution in [0, 0.1) is 0 Å². The van der Waals surface area contributed by atoms with Crippen LogP contribution in [0.4, 0.5) is 11.4 Å². The molecule has 4 heteroatoms. The third kappa shape index (κ3) is 3.64. The number of rotatable bonds is 5. The van der Waals surface area contributed by atoms with Crippen molar-refractivity contribution in [3.8, 4) is 5.75 Å². The fourth-order valence-corrected chi connectivity index (χ4v) is 2.19. The molecule has 3 N–H and O–H groups in total. The molecule has 0 spiro atoms. The van der Waals surface area contributed by atoms with Gasteiger partial charge >= 0.3 is 0 Å². The first-order chi connectivity index (χ1) is 9.20. The topological polar surface area (TPSA) is 47.3 Å². The van der Waals surface area contributed by atoms with E-state index in [-0.39, 0.29) is 0 Å². The molecule has 0 aliphatic rings. The summed E-state index contributed by atoms with van der Waals surface area (Å²) in [5.74, 6) is 0.722. The van der Waals surface area contributed by atoms with Crippen molar-refractivity contribution in [3.63, 3.8) is 0 Å². The number of halogens is 1. The third-order valence-electron chi connectivity index (χ3n) is 2.75. The summed E-state index contributed by atoms with van der Waals surface area (Å²) in [6, 6.07) is 13.9. The average molecular weight is 321 g/mol. The van der Waals surface area contributed by atoms with Gasteiger partial charge in [0.05, 0.1) is 12.3 Å². The van der Waals surface area contributed by atoms with E-state index in [0.29, 0.717) is 12.3 Å². The SMILES string of the molecule is CCOc1cc(NCc2ccccc2Br)ccc1N. The Morgan fingerprint density at radius 1 is 1.21 bits per heavy atom. The summed E-state index contributed by atoms with van der Waals surface area (Å²) >= 11 is 3.54. The summed E-state index contributed by atoms with van der Waals surface area (Å²) in [5.41, 5.74) is 8.71.